The summed E-state index contributed by atoms with van der Waals surface area (Å²) in [4.78, 5) is 0. The number of nitriles is 1. The van der Waals surface area contributed by atoms with Crippen LogP contribution in [0.3, 0.4) is 0 Å². The Balaban J connectivity index is 2.01. The topological polar surface area (TPSA) is 28.7 Å². The van der Waals surface area contributed by atoms with Crippen LogP contribution in [0.1, 0.15) is 11.1 Å². The molecule has 1 heterocycles. The van der Waals surface area contributed by atoms with Crippen LogP contribution in [0.2, 0.25) is 0 Å². The van der Waals surface area contributed by atoms with Gasteiger partial charge >= 0.3 is 0 Å². The highest BCUT2D eigenvalue weighted by molar-refractivity contribution is 9.10. The van der Waals surface area contributed by atoms with Crippen molar-refractivity contribution in [1.82, 2.24) is 4.57 Å². The molecule has 0 saturated heterocycles. The molecular formula is C16H10BrFN2. The van der Waals surface area contributed by atoms with Crippen LogP contribution in [0.25, 0.3) is 10.9 Å². The van der Waals surface area contributed by atoms with Gasteiger partial charge in [0.05, 0.1) is 11.6 Å². The minimum Gasteiger partial charge on any atom is -0.343 e. The molecule has 0 aliphatic heterocycles. The van der Waals surface area contributed by atoms with Crippen molar-refractivity contribution < 1.29 is 4.39 Å². The molecule has 0 unspecified atom stereocenters. The minimum absolute atomic E-state index is 0.253. The first-order valence-corrected chi connectivity index (χ1v) is 6.89. The average molecular weight is 329 g/mol. The number of fused-ring (bicyclic) bond motifs is 1. The highest BCUT2D eigenvalue weighted by Crippen LogP contribution is 2.23. The van der Waals surface area contributed by atoms with Gasteiger partial charge in [-0.25, -0.2) is 4.39 Å². The molecule has 0 aliphatic rings. The summed E-state index contributed by atoms with van der Waals surface area (Å²) in [5, 5.41) is 9.93. The van der Waals surface area contributed by atoms with Crippen LogP contribution in [0.5, 0.6) is 0 Å². The molecular weight excluding hydrogens is 319 g/mol. The first kappa shape index (κ1) is 12.9. The molecule has 0 bridgehead atoms. The maximum atomic E-state index is 13.1. The fourth-order valence-electron chi connectivity index (χ4n) is 2.24. The molecule has 1 aromatic heterocycles. The molecule has 3 aromatic rings. The number of aromatic nitrogens is 1. The quantitative estimate of drug-likeness (QED) is 0.682. The molecule has 0 atom stereocenters. The molecule has 20 heavy (non-hydrogen) atoms. The van der Waals surface area contributed by atoms with Crippen molar-refractivity contribution in [1.29, 1.82) is 5.26 Å². The van der Waals surface area contributed by atoms with E-state index in [9.17, 15) is 4.39 Å². The molecule has 3 rings (SSSR count). The van der Waals surface area contributed by atoms with E-state index in [0.29, 0.717) is 12.1 Å². The van der Waals surface area contributed by atoms with E-state index in [4.69, 9.17) is 5.26 Å². The lowest BCUT2D eigenvalue weighted by atomic mass is 10.2. The standard InChI is InChI=1S/C16H10BrFN2/c17-15-8-14(18)3-2-13(15)10-20-6-5-12-7-11(9-19)1-4-16(12)20/h1-8H,10H2. The van der Waals surface area contributed by atoms with Crippen LogP contribution >= 0.6 is 15.9 Å². The van der Waals surface area contributed by atoms with Gasteiger partial charge in [0.2, 0.25) is 0 Å². The molecule has 0 N–H and O–H groups in total. The van der Waals surface area contributed by atoms with E-state index in [1.165, 1.54) is 12.1 Å². The number of hydrogen-bond acceptors (Lipinski definition) is 1. The molecule has 0 saturated carbocycles. The summed E-state index contributed by atoms with van der Waals surface area (Å²) in [6.07, 6.45) is 1.97. The maximum absolute atomic E-state index is 13.1. The first-order chi connectivity index (χ1) is 9.67. The molecule has 98 valence electrons. The lowest BCUT2D eigenvalue weighted by molar-refractivity contribution is 0.625. The van der Waals surface area contributed by atoms with Crippen LogP contribution in [0.15, 0.2) is 53.1 Å². The van der Waals surface area contributed by atoms with Crippen molar-refractivity contribution in [2.45, 2.75) is 6.54 Å². The Bertz CT molecular complexity index is 830. The van der Waals surface area contributed by atoms with Crippen LogP contribution in [-0.4, -0.2) is 4.57 Å². The van der Waals surface area contributed by atoms with Crippen LogP contribution < -0.4 is 0 Å². The van der Waals surface area contributed by atoms with E-state index in [-0.39, 0.29) is 5.82 Å². The average Bonchev–Trinajstić information content (AvgIpc) is 2.84. The number of nitrogens with zero attached hydrogens (tertiary/aromatic N) is 2. The van der Waals surface area contributed by atoms with E-state index in [1.807, 2.05) is 24.4 Å². The first-order valence-electron chi connectivity index (χ1n) is 6.10. The Labute approximate surface area is 124 Å². The molecule has 4 heteroatoms. The van der Waals surface area contributed by atoms with Crippen molar-refractivity contribution >= 4 is 26.8 Å². The second-order valence-electron chi connectivity index (χ2n) is 4.56. The van der Waals surface area contributed by atoms with Gasteiger partial charge in [0.1, 0.15) is 5.82 Å². The summed E-state index contributed by atoms with van der Waals surface area (Å²) in [6, 6.07) is 14.4. The number of halogens is 2. The van der Waals surface area contributed by atoms with Crippen molar-refractivity contribution in [2.75, 3.05) is 0 Å². The van der Waals surface area contributed by atoms with E-state index < -0.39 is 0 Å². The van der Waals surface area contributed by atoms with Gasteiger partial charge < -0.3 is 4.57 Å². The zero-order valence-electron chi connectivity index (χ0n) is 10.5. The van der Waals surface area contributed by atoms with Crippen molar-refractivity contribution in [2.24, 2.45) is 0 Å². The number of hydrogen-bond donors (Lipinski definition) is 0. The van der Waals surface area contributed by atoms with E-state index in [2.05, 4.69) is 26.6 Å². The second kappa shape index (κ2) is 5.10. The third kappa shape index (κ3) is 2.33. The highest BCUT2D eigenvalue weighted by Gasteiger charge is 2.06. The van der Waals surface area contributed by atoms with E-state index >= 15 is 0 Å². The van der Waals surface area contributed by atoms with Crippen LogP contribution in [-0.2, 0) is 6.54 Å². The minimum atomic E-state index is -0.253. The Morgan fingerprint density at radius 1 is 1.15 bits per heavy atom. The molecule has 0 amide bonds. The summed E-state index contributed by atoms with van der Waals surface area (Å²) < 4.78 is 15.9. The predicted octanol–water partition coefficient (Wildman–Crippen LogP) is 4.46. The van der Waals surface area contributed by atoms with Gasteiger partial charge in [-0.2, -0.15) is 5.26 Å². The van der Waals surface area contributed by atoms with Gasteiger partial charge in [-0.05, 0) is 42.0 Å². The molecule has 0 spiro atoms. The van der Waals surface area contributed by atoms with Crippen molar-refractivity contribution in [3.8, 4) is 6.07 Å². The fourth-order valence-corrected chi connectivity index (χ4v) is 2.72. The van der Waals surface area contributed by atoms with Gasteiger partial charge in [-0.1, -0.05) is 22.0 Å². The Morgan fingerprint density at radius 3 is 2.75 bits per heavy atom. The summed E-state index contributed by atoms with van der Waals surface area (Å²) in [7, 11) is 0. The van der Waals surface area contributed by atoms with Crippen LogP contribution in [0, 0.1) is 17.1 Å². The zero-order chi connectivity index (χ0) is 14.1. The Hall–Kier alpha value is -2.12. The Morgan fingerprint density at radius 2 is 2.00 bits per heavy atom. The summed E-state index contributed by atoms with van der Waals surface area (Å²) in [5.41, 5.74) is 2.71. The van der Waals surface area contributed by atoms with E-state index in [0.717, 1.165) is 20.9 Å². The Kier molecular flexibility index (Phi) is 3.29. The largest absolute Gasteiger partial charge is 0.343 e. The summed E-state index contributed by atoms with van der Waals surface area (Å²) in [5.74, 6) is -0.253. The smallest absolute Gasteiger partial charge is 0.124 e. The van der Waals surface area contributed by atoms with Crippen LogP contribution in [0.4, 0.5) is 4.39 Å². The predicted molar refractivity (Wildman–Crippen MR) is 79.9 cm³/mol. The molecule has 2 aromatic carbocycles. The lowest BCUT2D eigenvalue weighted by Crippen LogP contribution is -1.99. The van der Waals surface area contributed by atoms with Gasteiger partial charge in [0.15, 0.2) is 0 Å². The molecule has 2 nitrogen and oxygen atoms in total. The molecule has 0 radical (unpaired) electrons. The second-order valence-corrected chi connectivity index (χ2v) is 5.42. The highest BCUT2D eigenvalue weighted by atomic mass is 79.9. The normalized spacial score (nSPS) is 10.7. The van der Waals surface area contributed by atoms with Gasteiger partial charge in [0, 0.05) is 28.1 Å². The summed E-state index contributed by atoms with van der Waals surface area (Å²) in [6.45, 7) is 0.649. The molecule has 0 aliphatic carbocycles. The molecule has 0 fully saturated rings. The number of benzene rings is 2. The van der Waals surface area contributed by atoms with Gasteiger partial charge in [-0.3, -0.25) is 0 Å². The van der Waals surface area contributed by atoms with Crippen molar-refractivity contribution in [3.63, 3.8) is 0 Å². The van der Waals surface area contributed by atoms with E-state index in [1.54, 1.807) is 12.1 Å². The fraction of sp³-hybridized carbons (Fsp3) is 0.0625. The SMILES string of the molecule is N#Cc1ccc2c(ccn2Cc2ccc(F)cc2Br)c1. The van der Waals surface area contributed by atoms with Gasteiger partial charge in [-0.15, -0.1) is 0 Å². The van der Waals surface area contributed by atoms with Gasteiger partial charge in [0.25, 0.3) is 0 Å². The lowest BCUT2D eigenvalue weighted by Gasteiger charge is -2.08. The number of rotatable bonds is 2. The summed E-state index contributed by atoms with van der Waals surface area (Å²) >= 11 is 3.38. The monoisotopic (exact) mass is 328 g/mol. The third-order valence-electron chi connectivity index (χ3n) is 3.26. The third-order valence-corrected chi connectivity index (χ3v) is 3.99. The zero-order valence-corrected chi connectivity index (χ0v) is 12.1. The maximum Gasteiger partial charge on any atom is 0.124 e. The van der Waals surface area contributed by atoms with Crippen molar-refractivity contribution in [3.05, 3.63) is 70.1 Å².